The van der Waals surface area contributed by atoms with Crippen LogP contribution in [-0.4, -0.2) is 4.92 Å². The van der Waals surface area contributed by atoms with Gasteiger partial charge < -0.3 is 5.32 Å². The van der Waals surface area contributed by atoms with Crippen molar-refractivity contribution in [2.45, 2.75) is 19.9 Å². The van der Waals surface area contributed by atoms with Gasteiger partial charge in [0.25, 0.3) is 5.69 Å². The smallest absolute Gasteiger partial charge is 0.292 e. The number of rotatable bonds is 4. The Hall–Kier alpha value is -1.40. The van der Waals surface area contributed by atoms with E-state index in [0.717, 1.165) is 9.35 Å². The Kier molecular flexibility index (Phi) is 4.21. The van der Waals surface area contributed by atoms with Gasteiger partial charge in [0, 0.05) is 20.3 Å². The van der Waals surface area contributed by atoms with E-state index in [1.54, 1.807) is 23.5 Å². The molecule has 0 bridgehead atoms. The van der Waals surface area contributed by atoms with Crippen molar-refractivity contribution in [2.24, 2.45) is 0 Å². The number of hydrogen-bond donors (Lipinski definition) is 1. The first-order valence-corrected chi connectivity index (χ1v) is 7.35. The van der Waals surface area contributed by atoms with E-state index in [9.17, 15) is 10.1 Å². The summed E-state index contributed by atoms with van der Waals surface area (Å²) in [6.45, 7) is 4.04. The topological polar surface area (TPSA) is 55.2 Å². The van der Waals surface area contributed by atoms with E-state index in [2.05, 4.69) is 21.2 Å². The lowest BCUT2D eigenvalue weighted by atomic mass is 10.2. The van der Waals surface area contributed by atoms with Gasteiger partial charge in [-0.15, -0.1) is 11.3 Å². The minimum absolute atomic E-state index is 0.0340. The number of nitrogens with one attached hydrogen (secondary N) is 1. The van der Waals surface area contributed by atoms with Gasteiger partial charge in [-0.1, -0.05) is 15.9 Å². The molecule has 0 radical (unpaired) electrons. The number of nitro benzene ring substituents is 1. The molecule has 100 valence electrons. The highest BCUT2D eigenvalue weighted by Crippen LogP contribution is 2.32. The molecule has 0 aliphatic carbocycles. The second-order valence-electron chi connectivity index (χ2n) is 4.23. The normalized spacial score (nSPS) is 12.2. The first-order chi connectivity index (χ1) is 8.97. The van der Waals surface area contributed by atoms with Crippen LogP contribution in [0.3, 0.4) is 0 Å². The van der Waals surface area contributed by atoms with E-state index in [1.165, 1.54) is 10.9 Å². The summed E-state index contributed by atoms with van der Waals surface area (Å²) in [6, 6.07) is 9.03. The van der Waals surface area contributed by atoms with Gasteiger partial charge in [0.15, 0.2) is 0 Å². The minimum Gasteiger partial charge on any atom is -0.372 e. The Morgan fingerprint density at radius 3 is 2.68 bits per heavy atom. The van der Waals surface area contributed by atoms with Gasteiger partial charge in [-0.05, 0) is 38.1 Å². The third-order valence-electron chi connectivity index (χ3n) is 2.72. The molecule has 1 heterocycles. The maximum absolute atomic E-state index is 11.0. The zero-order valence-electron chi connectivity index (χ0n) is 10.5. The molecule has 1 aromatic heterocycles. The van der Waals surface area contributed by atoms with Gasteiger partial charge in [0.1, 0.15) is 5.69 Å². The van der Waals surface area contributed by atoms with Crippen molar-refractivity contribution in [3.63, 3.8) is 0 Å². The fourth-order valence-electron chi connectivity index (χ4n) is 1.77. The van der Waals surface area contributed by atoms with Gasteiger partial charge in [-0.25, -0.2) is 0 Å². The van der Waals surface area contributed by atoms with Crippen molar-refractivity contribution in [3.8, 4) is 0 Å². The second kappa shape index (κ2) is 5.71. The van der Waals surface area contributed by atoms with Crippen LogP contribution >= 0.6 is 27.3 Å². The Morgan fingerprint density at radius 1 is 1.37 bits per heavy atom. The van der Waals surface area contributed by atoms with Crippen molar-refractivity contribution in [2.75, 3.05) is 5.32 Å². The molecular weight excluding hydrogens is 328 g/mol. The van der Waals surface area contributed by atoms with Crippen LogP contribution in [0.25, 0.3) is 0 Å². The minimum atomic E-state index is -0.374. The number of halogens is 1. The lowest BCUT2D eigenvalue weighted by molar-refractivity contribution is -0.384. The summed E-state index contributed by atoms with van der Waals surface area (Å²) in [4.78, 5) is 13.0. The standard InChI is InChI=1S/C13H13BrN2O2S/c1-8-3-6-13(19-8)9(2)15-11-7-10(14)4-5-12(11)16(17)18/h3-7,9,15H,1-2H3. The largest absolute Gasteiger partial charge is 0.372 e. The molecule has 1 atom stereocenters. The van der Waals surface area contributed by atoms with Crippen molar-refractivity contribution >= 4 is 38.6 Å². The van der Waals surface area contributed by atoms with Crippen molar-refractivity contribution < 1.29 is 4.92 Å². The molecule has 0 fully saturated rings. The van der Waals surface area contributed by atoms with Crippen LogP contribution in [-0.2, 0) is 0 Å². The zero-order chi connectivity index (χ0) is 14.0. The maximum Gasteiger partial charge on any atom is 0.292 e. The molecule has 1 aromatic carbocycles. The van der Waals surface area contributed by atoms with Crippen LogP contribution in [0.2, 0.25) is 0 Å². The summed E-state index contributed by atoms with van der Waals surface area (Å²) >= 11 is 5.03. The molecule has 1 unspecified atom stereocenters. The summed E-state index contributed by atoms with van der Waals surface area (Å²) < 4.78 is 0.815. The van der Waals surface area contributed by atoms with Crippen molar-refractivity contribution in [1.82, 2.24) is 0 Å². The molecule has 0 saturated heterocycles. The van der Waals surface area contributed by atoms with E-state index in [4.69, 9.17) is 0 Å². The molecule has 0 amide bonds. The number of benzene rings is 1. The Morgan fingerprint density at radius 2 is 2.11 bits per heavy atom. The van der Waals surface area contributed by atoms with E-state index in [1.807, 2.05) is 26.0 Å². The zero-order valence-corrected chi connectivity index (χ0v) is 12.9. The van der Waals surface area contributed by atoms with E-state index in [-0.39, 0.29) is 16.7 Å². The summed E-state index contributed by atoms with van der Waals surface area (Å²) in [5.74, 6) is 0. The SMILES string of the molecule is Cc1ccc(C(C)Nc2cc(Br)ccc2[N+](=O)[O-])s1. The second-order valence-corrected chi connectivity index (χ2v) is 6.47. The molecular formula is C13H13BrN2O2S. The summed E-state index contributed by atoms with van der Waals surface area (Å²) in [5, 5.41) is 14.2. The van der Waals surface area contributed by atoms with Crippen LogP contribution in [0.5, 0.6) is 0 Å². The van der Waals surface area contributed by atoms with Gasteiger partial charge in [-0.3, -0.25) is 10.1 Å². The molecule has 2 rings (SSSR count). The quantitative estimate of drug-likeness (QED) is 0.636. The molecule has 2 aromatic rings. The lowest BCUT2D eigenvalue weighted by Crippen LogP contribution is -2.07. The number of nitro groups is 1. The highest BCUT2D eigenvalue weighted by molar-refractivity contribution is 9.10. The molecule has 6 heteroatoms. The van der Waals surface area contributed by atoms with Crippen LogP contribution in [0, 0.1) is 17.0 Å². The van der Waals surface area contributed by atoms with Crippen LogP contribution in [0.1, 0.15) is 22.7 Å². The first kappa shape index (κ1) is 14.0. The summed E-state index contributed by atoms with van der Waals surface area (Å²) in [5.41, 5.74) is 0.612. The molecule has 0 spiro atoms. The van der Waals surface area contributed by atoms with E-state index >= 15 is 0 Å². The van der Waals surface area contributed by atoms with Gasteiger partial charge in [0.2, 0.25) is 0 Å². The number of nitrogens with zero attached hydrogens (tertiary/aromatic N) is 1. The third kappa shape index (κ3) is 3.33. The van der Waals surface area contributed by atoms with Crippen LogP contribution in [0.15, 0.2) is 34.8 Å². The number of aryl methyl sites for hydroxylation is 1. The summed E-state index contributed by atoms with van der Waals surface area (Å²) in [6.07, 6.45) is 0. The Labute approximate surface area is 123 Å². The van der Waals surface area contributed by atoms with Gasteiger partial charge in [-0.2, -0.15) is 0 Å². The third-order valence-corrected chi connectivity index (χ3v) is 4.39. The average Bonchev–Trinajstić information content (AvgIpc) is 2.75. The molecule has 0 aliphatic rings. The van der Waals surface area contributed by atoms with E-state index in [0.29, 0.717) is 5.69 Å². The predicted octanol–water partition coefficient (Wildman–Crippen LogP) is 4.90. The number of anilines is 1. The first-order valence-electron chi connectivity index (χ1n) is 5.74. The van der Waals surface area contributed by atoms with Gasteiger partial charge >= 0.3 is 0 Å². The average molecular weight is 341 g/mol. The van der Waals surface area contributed by atoms with Crippen molar-refractivity contribution in [1.29, 1.82) is 0 Å². The summed E-state index contributed by atoms with van der Waals surface area (Å²) in [7, 11) is 0. The lowest BCUT2D eigenvalue weighted by Gasteiger charge is -2.14. The predicted molar refractivity (Wildman–Crippen MR) is 81.9 cm³/mol. The van der Waals surface area contributed by atoms with Gasteiger partial charge in [0.05, 0.1) is 11.0 Å². The highest BCUT2D eigenvalue weighted by Gasteiger charge is 2.16. The molecule has 1 N–H and O–H groups in total. The molecule has 0 saturated carbocycles. The van der Waals surface area contributed by atoms with Crippen LogP contribution < -0.4 is 5.32 Å². The highest BCUT2D eigenvalue weighted by atomic mass is 79.9. The fourth-order valence-corrected chi connectivity index (χ4v) is 3.01. The number of hydrogen-bond acceptors (Lipinski definition) is 4. The molecule has 4 nitrogen and oxygen atoms in total. The fraction of sp³-hybridized carbons (Fsp3) is 0.231. The number of thiophene rings is 1. The molecule has 19 heavy (non-hydrogen) atoms. The van der Waals surface area contributed by atoms with E-state index < -0.39 is 0 Å². The molecule has 0 aliphatic heterocycles. The Balaban J connectivity index is 2.27. The Bertz CT molecular complexity index is 612. The monoisotopic (exact) mass is 340 g/mol. The van der Waals surface area contributed by atoms with Crippen LogP contribution in [0.4, 0.5) is 11.4 Å². The maximum atomic E-state index is 11.0. The van der Waals surface area contributed by atoms with Crippen molar-refractivity contribution in [3.05, 3.63) is 54.7 Å².